The average Bonchev–Trinajstić information content (AvgIpc) is 2.47. The maximum Gasteiger partial charge on any atom is 0.514 e. The van der Waals surface area contributed by atoms with Gasteiger partial charge in [-0.25, -0.2) is 4.79 Å². The fourth-order valence-electron chi connectivity index (χ4n) is 1.47. The molecule has 21 heavy (non-hydrogen) atoms. The number of hydrogen-bond acceptors (Lipinski definition) is 6. The van der Waals surface area contributed by atoms with Crippen LogP contribution in [-0.4, -0.2) is 11.1 Å². The van der Waals surface area contributed by atoms with Gasteiger partial charge in [0.2, 0.25) is 5.69 Å². The van der Waals surface area contributed by atoms with Gasteiger partial charge in [0.1, 0.15) is 5.75 Å². The van der Waals surface area contributed by atoms with Crippen LogP contribution in [0.15, 0.2) is 48.7 Å². The summed E-state index contributed by atoms with van der Waals surface area (Å²) in [6.45, 7) is -0.240. The molecule has 0 aliphatic rings. The number of benzene rings is 1. The van der Waals surface area contributed by atoms with E-state index in [4.69, 9.17) is 9.47 Å². The fourth-order valence-corrected chi connectivity index (χ4v) is 1.47. The molecule has 0 atom stereocenters. The molecular formula is C13H10N2O6. The maximum absolute atomic E-state index is 11.4. The lowest BCUT2D eigenvalue weighted by Crippen LogP contribution is -2.31. The molecule has 1 heterocycles. The number of ether oxygens (including phenoxy) is 2. The molecule has 0 radical (unpaired) electrons. The lowest BCUT2D eigenvalue weighted by molar-refractivity contribution is -0.616. The van der Waals surface area contributed by atoms with Gasteiger partial charge in [-0.3, -0.25) is 10.1 Å². The topological polar surface area (TPSA) is 106 Å². The van der Waals surface area contributed by atoms with Crippen LogP contribution < -0.4 is 9.47 Å². The van der Waals surface area contributed by atoms with E-state index in [2.05, 4.69) is 0 Å². The van der Waals surface area contributed by atoms with Gasteiger partial charge in [-0.15, -0.1) is 0 Å². The van der Waals surface area contributed by atoms with Crippen LogP contribution >= 0.6 is 0 Å². The molecule has 108 valence electrons. The SMILES string of the molecule is O=C(OCc1cccc[n+]1[O-])Oc1ccc([N+](=O)[O-])cc1. The minimum atomic E-state index is -1.01. The van der Waals surface area contributed by atoms with E-state index in [0.717, 1.165) is 0 Å². The largest absolute Gasteiger partial charge is 0.618 e. The molecule has 8 heteroatoms. The first kappa shape index (κ1) is 14.3. The summed E-state index contributed by atoms with van der Waals surface area (Å²) in [7, 11) is 0. The number of pyridine rings is 1. The molecule has 0 saturated heterocycles. The van der Waals surface area contributed by atoms with Crippen LogP contribution in [0.3, 0.4) is 0 Å². The Balaban J connectivity index is 1.90. The summed E-state index contributed by atoms with van der Waals surface area (Å²) < 4.78 is 10.2. The number of rotatable bonds is 4. The molecule has 0 N–H and O–H groups in total. The van der Waals surface area contributed by atoms with Crippen LogP contribution in [0.1, 0.15) is 5.69 Å². The lowest BCUT2D eigenvalue weighted by atomic mass is 10.3. The molecule has 2 aromatic rings. The molecule has 1 aromatic carbocycles. The summed E-state index contributed by atoms with van der Waals surface area (Å²) in [5.41, 5.74) is 0.130. The van der Waals surface area contributed by atoms with Gasteiger partial charge in [-0.1, -0.05) is 0 Å². The maximum atomic E-state index is 11.4. The number of carbonyl (C=O) groups excluding carboxylic acids is 1. The lowest BCUT2D eigenvalue weighted by Gasteiger charge is -2.06. The van der Waals surface area contributed by atoms with Gasteiger partial charge in [-0.2, -0.15) is 4.73 Å². The Kier molecular flexibility index (Phi) is 4.30. The highest BCUT2D eigenvalue weighted by Gasteiger charge is 2.12. The van der Waals surface area contributed by atoms with E-state index in [9.17, 15) is 20.1 Å². The first-order chi connectivity index (χ1) is 10.1. The summed E-state index contributed by atoms with van der Waals surface area (Å²) in [5, 5.41) is 21.8. The van der Waals surface area contributed by atoms with Crippen LogP contribution in [-0.2, 0) is 11.3 Å². The van der Waals surface area contributed by atoms with E-state index in [0.29, 0.717) is 4.73 Å². The predicted octanol–water partition coefficient (Wildman–Crippen LogP) is 1.94. The molecular weight excluding hydrogens is 280 g/mol. The molecule has 0 unspecified atom stereocenters. The average molecular weight is 290 g/mol. The Bertz CT molecular complexity index is 656. The number of carbonyl (C=O) groups is 1. The van der Waals surface area contributed by atoms with Crippen LogP contribution in [0.2, 0.25) is 0 Å². The second-order valence-corrected chi connectivity index (χ2v) is 3.91. The highest BCUT2D eigenvalue weighted by atomic mass is 16.7. The third-order valence-electron chi connectivity index (χ3n) is 2.49. The van der Waals surface area contributed by atoms with Crippen LogP contribution in [0.5, 0.6) is 5.75 Å². The predicted molar refractivity (Wildman–Crippen MR) is 69.3 cm³/mol. The normalized spacial score (nSPS) is 9.90. The van der Waals surface area contributed by atoms with Gasteiger partial charge in [-0.05, 0) is 18.2 Å². The van der Waals surface area contributed by atoms with Crippen molar-refractivity contribution in [3.63, 3.8) is 0 Å². The zero-order chi connectivity index (χ0) is 15.2. The van der Waals surface area contributed by atoms with Crippen molar-refractivity contribution in [3.8, 4) is 5.75 Å². The second-order valence-electron chi connectivity index (χ2n) is 3.91. The number of nitro groups is 1. The Morgan fingerprint density at radius 2 is 1.90 bits per heavy atom. The standard InChI is InChI=1S/C13H10N2O6/c16-13(20-9-11-3-1-2-8-14(11)17)21-12-6-4-10(5-7-12)15(18)19/h1-8H,9H2. The molecule has 0 saturated carbocycles. The number of nitro benzene ring substituents is 1. The van der Waals surface area contributed by atoms with Gasteiger partial charge >= 0.3 is 6.16 Å². The van der Waals surface area contributed by atoms with Crippen LogP contribution in [0, 0.1) is 15.3 Å². The molecule has 0 fully saturated rings. The second kappa shape index (κ2) is 6.33. The van der Waals surface area contributed by atoms with Gasteiger partial charge in [0.25, 0.3) is 5.69 Å². The minimum absolute atomic E-state index is 0.105. The fraction of sp³-hybridized carbons (Fsp3) is 0.0769. The van der Waals surface area contributed by atoms with E-state index in [-0.39, 0.29) is 23.7 Å². The van der Waals surface area contributed by atoms with Gasteiger partial charge < -0.3 is 14.7 Å². The molecule has 8 nitrogen and oxygen atoms in total. The van der Waals surface area contributed by atoms with Gasteiger partial charge in [0.15, 0.2) is 12.8 Å². The summed E-state index contributed by atoms with van der Waals surface area (Å²) in [5.74, 6) is 0.105. The van der Waals surface area contributed by atoms with Crippen molar-refractivity contribution in [1.82, 2.24) is 0 Å². The first-order valence-electron chi connectivity index (χ1n) is 5.82. The van der Waals surface area contributed by atoms with Crippen molar-refractivity contribution < 1.29 is 23.9 Å². The van der Waals surface area contributed by atoms with Crippen LogP contribution in [0.4, 0.5) is 10.5 Å². The smallest absolute Gasteiger partial charge is 0.514 e. The highest BCUT2D eigenvalue weighted by Crippen LogP contribution is 2.17. The molecule has 2 rings (SSSR count). The van der Waals surface area contributed by atoms with E-state index >= 15 is 0 Å². The zero-order valence-corrected chi connectivity index (χ0v) is 10.7. The Hall–Kier alpha value is -3.16. The monoisotopic (exact) mass is 290 g/mol. The zero-order valence-electron chi connectivity index (χ0n) is 10.7. The van der Waals surface area contributed by atoms with Crippen molar-refractivity contribution >= 4 is 11.8 Å². The Morgan fingerprint density at radius 3 is 2.52 bits per heavy atom. The number of nitrogens with zero attached hydrogens (tertiary/aromatic N) is 2. The molecule has 0 bridgehead atoms. The number of aromatic nitrogens is 1. The highest BCUT2D eigenvalue weighted by molar-refractivity contribution is 5.63. The quantitative estimate of drug-likeness (QED) is 0.213. The summed E-state index contributed by atoms with van der Waals surface area (Å²) >= 11 is 0. The van der Waals surface area contributed by atoms with E-state index in [1.807, 2.05) is 0 Å². The molecule has 0 amide bonds. The third-order valence-corrected chi connectivity index (χ3v) is 2.49. The van der Waals surface area contributed by atoms with Crippen LogP contribution in [0.25, 0.3) is 0 Å². The third kappa shape index (κ3) is 3.90. The van der Waals surface area contributed by atoms with Crippen molar-refractivity contribution in [1.29, 1.82) is 0 Å². The molecule has 0 aliphatic carbocycles. The minimum Gasteiger partial charge on any atom is -0.618 e. The van der Waals surface area contributed by atoms with Crippen molar-refractivity contribution in [2.75, 3.05) is 0 Å². The summed E-state index contributed by atoms with van der Waals surface area (Å²) in [6, 6.07) is 9.63. The Labute approximate surface area is 118 Å². The number of non-ortho nitro benzene ring substituents is 1. The molecule has 0 spiro atoms. The Morgan fingerprint density at radius 1 is 1.19 bits per heavy atom. The van der Waals surface area contributed by atoms with Gasteiger partial charge in [0.05, 0.1) is 4.92 Å². The van der Waals surface area contributed by atoms with E-state index in [1.54, 1.807) is 12.1 Å². The van der Waals surface area contributed by atoms with Crippen molar-refractivity contribution in [2.24, 2.45) is 0 Å². The van der Waals surface area contributed by atoms with Crippen molar-refractivity contribution in [3.05, 3.63) is 69.7 Å². The summed E-state index contributed by atoms with van der Waals surface area (Å²) in [4.78, 5) is 21.3. The first-order valence-corrected chi connectivity index (χ1v) is 5.82. The van der Waals surface area contributed by atoms with E-state index in [1.165, 1.54) is 36.5 Å². The van der Waals surface area contributed by atoms with E-state index < -0.39 is 11.1 Å². The molecule has 0 aliphatic heterocycles. The molecule has 1 aromatic heterocycles. The summed E-state index contributed by atoms with van der Waals surface area (Å²) in [6.07, 6.45) is 0.271. The van der Waals surface area contributed by atoms with Crippen molar-refractivity contribution in [2.45, 2.75) is 6.61 Å². The van der Waals surface area contributed by atoms with Gasteiger partial charge in [0, 0.05) is 24.3 Å². The number of hydrogen-bond donors (Lipinski definition) is 0.